The number of hydrogen-bond acceptors (Lipinski definition) is 5. The van der Waals surface area contributed by atoms with Crippen molar-refractivity contribution >= 4 is 40.3 Å². The van der Waals surface area contributed by atoms with Gasteiger partial charge in [0.05, 0.1) is 5.97 Å². The van der Waals surface area contributed by atoms with Gasteiger partial charge in [-0.05, 0) is 29.7 Å². The van der Waals surface area contributed by atoms with Crippen LogP contribution in [0.5, 0.6) is 0 Å². The van der Waals surface area contributed by atoms with Gasteiger partial charge in [-0.3, -0.25) is 14.5 Å². The van der Waals surface area contributed by atoms with Crippen molar-refractivity contribution < 1.29 is 19.5 Å². The Morgan fingerprint density at radius 3 is 2.22 bits per heavy atom. The maximum Gasteiger partial charge on any atom is 0.261 e. The smallest absolute Gasteiger partial charge is 0.261 e. The highest BCUT2D eigenvalue weighted by Crippen LogP contribution is 2.29. The molecule has 0 bridgehead atoms. The molecule has 0 N–H and O–H groups in total. The molecule has 23 heavy (non-hydrogen) atoms. The number of amides is 2. The molecule has 2 aromatic rings. The van der Waals surface area contributed by atoms with E-state index in [1.165, 1.54) is 16.7 Å². The Morgan fingerprint density at radius 2 is 1.65 bits per heavy atom. The lowest BCUT2D eigenvalue weighted by molar-refractivity contribution is -0.301. The number of carbonyl (C=O) groups excluding carboxylic acids is 3. The van der Waals surface area contributed by atoms with Crippen LogP contribution in [0.2, 0.25) is 0 Å². The van der Waals surface area contributed by atoms with E-state index in [1.807, 2.05) is 24.3 Å². The van der Waals surface area contributed by atoms with Crippen LogP contribution in [-0.2, 0) is 4.79 Å². The van der Waals surface area contributed by atoms with Gasteiger partial charge in [0, 0.05) is 28.8 Å². The number of carboxylic acids is 1. The van der Waals surface area contributed by atoms with Crippen molar-refractivity contribution in [1.82, 2.24) is 4.90 Å². The minimum Gasteiger partial charge on any atom is -0.549 e. The molecule has 0 aromatic heterocycles. The predicted molar refractivity (Wildman–Crippen MR) is 86.3 cm³/mol. The van der Waals surface area contributed by atoms with E-state index in [-0.39, 0.29) is 24.1 Å². The summed E-state index contributed by atoms with van der Waals surface area (Å²) in [5, 5.41) is 12.0. The Bertz CT molecular complexity index is 752. The van der Waals surface area contributed by atoms with Gasteiger partial charge in [0.1, 0.15) is 0 Å². The van der Waals surface area contributed by atoms with E-state index in [1.54, 1.807) is 12.1 Å². The van der Waals surface area contributed by atoms with Crippen molar-refractivity contribution in [3.8, 4) is 0 Å². The first-order valence-corrected chi connectivity index (χ1v) is 8.40. The van der Waals surface area contributed by atoms with Gasteiger partial charge in [0.25, 0.3) is 11.8 Å². The predicted octanol–water partition coefficient (Wildman–Crippen LogP) is 1.31. The molecule has 0 spiro atoms. The van der Waals surface area contributed by atoms with E-state index in [4.69, 9.17) is 0 Å². The van der Waals surface area contributed by atoms with Crippen LogP contribution >= 0.6 is 11.8 Å². The molecule has 2 amide bonds. The summed E-state index contributed by atoms with van der Waals surface area (Å²) in [6, 6.07) is 10.9. The van der Waals surface area contributed by atoms with Gasteiger partial charge in [0.15, 0.2) is 0 Å². The van der Waals surface area contributed by atoms with Gasteiger partial charge in [-0.2, -0.15) is 11.8 Å². The fourth-order valence-corrected chi connectivity index (χ4v) is 3.41. The molecule has 0 aliphatic carbocycles. The van der Waals surface area contributed by atoms with Crippen molar-refractivity contribution in [2.45, 2.75) is 6.42 Å². The zero-order valence-electron chi connectivity index (χ0n) is 12.3. The molecule has 6 heteroatoms. The van der Waals surface area contributed by atoms with Crippen LogP contribution in [0.15, 0.2) is 36.4 Å². The molecule has 0 radical (unpaired) electrons. The van der Waals surface area contributed by atoms with Crippen molar-refractivity contribution in [3.63, 3.8) is 0 Å². The lowest BCUT2D eigenvalue weighted by Gasteiger charge is -2.27. The highest BCUT2D eigenvalue weighted by molar-refractivity contribution is 7.99. The molecule has 0 atom stereocenters. The summed E-state index contributed by atoms with van der Waals surface area (Å²) in [6.45, 7) is 0.280. The summed E-state index contributed by atoms with van der Waals surface area (Å²) >= 11 is 1.22. The standard InChI is InChI=1S/C17H15NO4S/c19-14(20)10-23-9-3-8-18-16(21)12-6-1-4-11-5-2-7-13(15(11)12)17(18)22/h1-2,4-7H,3,8-10H2,(H,19,20)/p-1. The molecule has 0 fully saturated rings. The highest BCUT2D eigenvalue weighted by Gasteiger charge is 2.31. The molecule has 0 saturated carbocycles. The van der Waals surface area contributed by atoms with Crippen LogP contribution in [0.1, 0.15) is 27.1 Å². The Morgan fingerprint density at radius 1 is 1.04 bits per heavy atom. The van der Waals surface area contributed by atoms with Crippen LogP contribution < -0.4 is 5.11 Å². The fraction of sp³-hybridized carbons (Fsp3) is 0.235. The number of hydrogen-bond donors (Lipinski definition) is 0. The maximum absolute atomic E-state index is 12.6. The van der Waals surface area contributed by atoms with Crippen LogP contribution in [0.25, 0.3) is 10.8 Å². The molecule has 5 nitrogen and oxygen atoms in total. The van der Waals surface area contributed by atoms with E-state index in [0.29, 0.717) is 28.7 Å². The van der Waals surface area contributed by atoms with E-state index in [9.17, 15) is 19.5 Å². The van der Waals surface area contributed by atoms with Crippen molar-refractivity contribution in [3.05, 3.63) is 47.5 Å². The average Bonchev–Trinajstić information content (AvgIpc) is 2.54. The summed E-state index contributed by atoms with van der Waals surface area (Å²) < 4.78 is 0. The lowest BCUT2D eigenvalue weighted by atomic mass is 9.94. The van der Waals surface area contributed by atoms with E-state index in [2.05, 4.69) is 0 Å². The first kappa shape index (κ1) is 15.6. The van der Waals surface area contributed by atoms with Crippen LogP contribution in [0.4, 0.5) is 0 Å². The van der Waals surface area contributed by atoms with Gasteiger partial charge in [-0.25, -0.2) is 0 Å². The minimum absolute atomic E-state index is 0.0793. The third-order valence-electron chi connectivity index (χ3n) is 3.75. The SMILES string of the molecule is O=C([O-])CSCCCN1C(=O)c2cccc3cccc(c23)C1=O. The van der Waals surface area contributed by atoms with Crippen molar-refractivity contribution in [2.24, 2.45) is 0 Å². The second-order valence-electron chi connectivity index (χ2n) is 5.25. The lowest BCUT2D eigenvalue weighted by Crippen LogP contribution is -2.41. The normalized spacial score (nSPS) is 13.7. The number of benzene rings is 2. The Balaban J connectivity index is 1.79. The largest absolute Gasteiger partial charge is 0.549 e. The fourth-order valence-electron chi connectivity index (χ4n) is 2.76. The molecular weight excluding hydrogens is 314 g/mol. The number of thioether (sulfide) groups is 1. The summed E-state index contributed by atoms with van der Waals surface area (Å²) in [5.74, 6) is -1.21. The first-order chi connectivity index (χ1) is 11.1. The summed E-state index contributed by atoms with van der Waals surface area (Å²) in [6.07, 6.45) is 0.549. The van der Waals surface area contributed by atoms with Crippen LogP contribution in [0.3, 0.4) is 0 Å². The van der Waals surface area contributed by atoms with Crippen LogP contribution in [-0.4, -0.2) is 40.7 Å². The van der Waals surface area contributed by atoms with Gasteiger partial charge in [-0.1, -0.05) is 24.3 Å². The number of imide groups is 1. The molecule has 1 aliphatic rings. The molecule has 3 rings (SSSR count). The monoisotopic (exact) mass is 328 g/mol. The maximum atomic E-state index is 12.6. The third-order valence-corrected chi connectivity index (χ3v) is 4.76. The highest BCUT2D eigenvalue weighted by atomic mass is 32.2. The number of nitrogens with zero attached hydrogens (tertiary/aromatic N) is 1. The van der Waals surface area contributed by atoms with Crippen molar-refractivity contribution in [1.29, 1.82) is 0 Å². The summed E-state index contributed by atoms with van der Waals surface area (Å²) in [4.78, 5) is 36.8. The number of carbonyl (C=O) groups is 3. The van der Waals surface area contributed by atoms with Gasteiger partial charge < -0.3 is 9.90 Å². The second kappa shape index (κ2) is 6.42. The zero-order valence-corrected chi connectivity index (χ0v) is 13.1. The zero-order chi connectivity index (χ0) is 16.4. The first-order valence-electron chi connectivity index (χ1n) is 7.25. The number of carboxylic acid groups (broad SMARTS) is 1. The van der Waals surface area contributed by atoms with Gasteiger partial charge in [0.2, 0.25) is 0 Å². The molecular formula is C17H14NO4S-. The molecule has 0 unspecified atom stereocenters. The van der Waals surface area contributed by atoms with E-state index in [0.717, 1.165) is 5.39 Å². The van der Waals surface area contributed by atoms with E-state index < -0.39 is 5.97 Å². The molecule has 1 heterocycles. The van der Waals surface area contributed by atoms with Crippen LogP contribution in [0, 0.1) is 0 Å². The average molecular weight is 328 g/mol. The Labute approximate surface area is 137 Å². The van der Waals surface area contributed by atoms with Crippen molar-refractivity contribution in [2.75, 3.05) is 18.1 Å². The van der Waals surface area contributed by atoms with Gasteiger partial charge in [-0.15, -0.1) is 0 Å². The summed E-state index contributed by atoms with van der Waals surface area (Å²) in [5.41, 5.74) is 1.08. The van der Waals surface area contributed by atoms with E-state index >= 15 is 0 Å². The quantitative estimate of drug-likeness (QED) is 0.590. The Hall–Kier alpha value is -2.34. The topological polar surface area (TPSA) is 77.5 Å². The minimum atomic E-state index is -1.11. The molecule has 1 aliphatic heterocycles. The Kier molecular flexibility index (Phi) is 4.34. The second-order valence-corrected chi connectivity index (χ2v) is 6.35. The summed E-state index contributed by atoms with van der Waals surface area (Å²) in [7, 11) is 0. The van der Waals surface area contributed by atoms with Gasteiger partial charge >= 0.3 is 0 Å². The number of rotatable bonds is 6. The third kappa shape index (κ3) is 2.94. The molecule has 2 aromatic carbocycles. The number of aliphatic carboxylic acids is 1. The molecule has 118 valence electrons. The molecule has 0 saturated heterocycles.